The molecule has 0 amide bonds. The van der Waals surface area contributed by atoms with Crippen molar-refractivity contribution < 1.29 is 9.13 Å². The molecule has 0 unspecified atom stereocenters. The number of halogens is 1. The molecule has 0 spiro atoms. The van der Waals surface area contributed by atoms with E-state index in [1.807, 2.05) is 4.57 Å². The molecule has 96 valence electrons. The van der Waals surface area contributed by atoms with E-state index in [2.05, 4.69) is 11.9 Å². The SMILES string of the molecule is COc1cc2c(cc1F)nc(N)n2CC1(C)CC1. The van der Waals surface area contributed by atoms with Crippen LogP contribution >= 0.6 is 0 Å². The molecule has 1 heterocycles. The van der Waals surface area contributed by atoms with Crippen molar-refractivity contribution in [1.29, 1.82) is 0 Å². The Bertz CT molecular complexity index is 616. The standard InChI is InChI=1S/C13H16FN3O/c1-13(3-4-13)7-17-10-6-11(18-2)8(14)5-9(10)16-12(17)15/h5-6H,3-4,7H2,1-2H3,(H2,15,16). The van der Waals surface area contributed by atoms with Gasteiger partial charge in [-0.25, -0.2) is 9.37 Å². The van der Waals surface area contributed by atoms with Gasteiger partial charge in [0.15, 0.2) is 11.6 Å². The molecule has 1 aliphatic rings. The van der Waals surface area contributed by atoms with Gasteiger partial charge in [-0.2, -0.15) is 0 Å². The molecule has 4 nitrogen and oxygen atoms in total. The van der Waals surface area contributed by atoms with E-state index in [0.717, 1.165) is 12.1 Å². The molecule has 0 radical (unpaired) electrons. The van der Waals surface area contributed by atoms with Crippen LogP contribution in [0, 0.1) is 11.2 Å². The summed E-state index contributed by atoms with van der Waals surface area (Å²) in [5.74, 6) is 0.252. The van der Waals surface area contributed by atoms with Crippen molar-refractivity contribution in [3.05, 3.63) is 17.9 Å². The summed E-state index contributed by atoms with van der Waals surface area (Å²) in [5, 5.41) is 0. The molecule has 0 atom stereocenters. The number of aromatic nitrogens is 2. The Morgan fingerprint density at radius 3 is 2.83 bits per heavy atom. The molecule has 3 rings (SSSR count). The lowest BCUT2D eigenvalue weighted by Gasteiger charge is -2.12. The summed E-state index contributed by atoms with van der Waals surface area (Å²) in [6.45, 7) is 3.04. The van der Waals surface area contributed by atoms with Crippen molar-refractivity contribution >= 4 is 17.0 Å². The zero-order valence-electron chi connectivity index (χ0n) is 10.5. The van der Waals surface area contributed by atoms with Gasteiger partial charge in [0.2, 0.25) is 5.95 Å². The van der Waals surface area contributed by atoms with Gasteiger partial charge in [0.25, 0.3) is 0 Å². The highest BCUT2D eigenvalue weighted by Crippen LogP contribution is 2.47. The Labute approximate surface area is 105 Å². The number of methoxy groups -OCH3 is 1. The second-order valence-corrected chi connectivity index (χ2v) is 5.34. The van der Waals surface area contributed by atoms with Crippen molar-refractivity contribution in [3.8, 4) is 5.75 Å². The summed E-state index contributed by atoms with van der Waals surface area (Å²) in [6, 6.07) is 3.04. The number of benzene rings is 1. The van der Waals surface area contributed by atoms with E-state index in [1.165, 1.54) is 26.0 Å². The first-order valence-corrected chi connectivity index (χ1v) is 6.02. The van der Waals surface area contributed by atoms with Gasteiger partial charge < -0.3 is 15.0 Å². The van der Waals surface area contributed by atoms with E-state index < -0.39 is 5.82 Å². The van der Waals surface area contributed by atoms with Crippen LogP contribution in [-0.2, 0) is 6.54 Å². The van der Waals surface area contributed by atoms with Gasteiger partial charge in [0, 0.05) is 18.7 Å². The maximum absolute atomic E-state index is 13.6. The molecule has 1 fully saturated rings. The van der Waals surface area contributed by atoms with E-state index >= 15 is 0 Å². The molecule has 1 aliphatic carbocycles. The molecule has 5 heteroatoms. The molecule has 0 aliphatic heterocycles. The monoisotopic (exact) mass is 249 g/mol. The molecule has 2 N–H and O–H groups in total. The van der Waals surface area contributed by atoms with Gasteiger partial charge in [-0.3, -0.25) is 0 Å². The van der Waals surface area contributed by atoms with Crippen LogP contribution in [0.2, 0.25) is 0 Å². The van der Waals surface area contributed by atoms with Crippen molar-refractivity contribution in [2.75, 3.05) is 12.8 Å². The Hall–Kier alpha value is -1.78. The summed E-state index contributed by atoms with van der Waals surface area (Å²) in [5.41, 5.74) is 7.64. The second kappa shape index (κ2) is 3.60. The van der Waals surface area contributed by atoms with E-state index in [-0.39, 0.29) is 5.75 Å². The number of nitrogen functional groups attached to an aromatic ring is 1. The van der Waals surface area contributed by atoms with Crippen molar-refractivity contribution in [3.63, 3.8) is 0 Å². The zero-order valence-corrected chi connectivity index (χ0v) is 10.5. The van der Waals surface area contributed by atoms with Crippen molar-refractivity contribution in [1.82, 2.24) is 9.55 Å². The fraction of sp³-hybridized carbons (Fsp3) is 0.462. The minimum Gasteiger partial charge on any atom is -0.494 e. The highest BCUT2D eigenvalue weighted by molar-refractivity contribution is 5.80. The predicted molar refractivity (Wildman–Crippen MR) is 68.0 cm³/mol. The fourth-order valence-corrected chi connectivity index (χ4v) is 2.22. The van der Waals surface area contributed by atoms with Crippen LogP contribution in [-0.4, -0.2) is 16.7 Å². The second-order valence-electron chi connectivity index (χ2n) is 5.34. The number of hydrogen-bond acceptors (Lipinski definition) is 3. The molecule has 1 aromatic carbocycles. The summed E-state index contributed by atoms with van der Waals surface area (Å²) < 4.78 is 20.6. The number of hydrogen-bond donors (Lipinski definition) is 1. The molecule has 18 heavy (non-hydrogen) atoms. The minimum atomic E-state index is -0.410. The number of anilines is 1. The quantitative estimate of drug-likeness (QED) is 0.909. The molecule has 0 bridgehead atoms. The summed E-state index contributed by atoms with van der Waals surface area (Å²) in [6.07, 6.45) is 2.40. The molecule has 1 aromatic heterocycles. The lowest BCUT2D eigenvalue weighted by molar-refractivity contribution is 0.387. The minimum absolute atomic E-state index is 0.226. The number of nitrogens with two attached hydrogens (primary N) is 1. The van der Waals surface area contributed by atoms with E-state index in [0.29, 0.717) is 16.9 Å². The van der Waals surface area contributed by atoms with Crippen LogP contribution in [0.25, 0.3) is 11.0 Å². The maximum atomic E-state index is 13.6. The Morgan fingerprint density at radius 1 is 1.50 bits per heavy atom. The molecular formula is C13H16FN3O. The third-order valence-corrected chi connectivity index (χ3v) is 3.69. The van der Waals surface area contributed by atoms with Crippen molar-refractivity contribution in [2.24, 2.45) is 5.41 Å². The average molecular weight is 249 g/mol. The van der Waals surface area contributed by atoms with E-state index in [9.17, 15) is 4.39 Å². The van der Waals surface area contributed by atoms with Crippen LogP contribution in [0.4, 0.5) is 10.3 Å². The third kappa shape index (κ3) is 1.70. The highest BCUT2D eigenvalue weighted by atomic mass is 19.1. The summed E-state index contributed by atoms with van der Waals surface area (Å²) >= 11 is 0. The van der Waals surface area contributed by atoms with Gasteiger partial charge >= 0.3 is 0 Å². The van der Waals surface area contributed by atoms with Crippen LogP contribution in [0.3, 0.4) is 0 Å². The van der Waals surface area contributed by atoms with Crippen LogP contribution in [0.5, 0.6) is 5.75 Å². The predicted octanol–water partition coefficient (Wildman–Crippen LogP) is 2.57. The van der Waals surface area contributed by atoms with Gasteiger partial charge in [-0.15, -0.1) is 0 Å². The third-order valence-electron chi connectivity index (χ3n) is 3.69. The Kier molecular flexibility index (Phi) is 2.27. The molecule has 2 aromatic rings. The van der Waals surface area contributed by atoms with Gasteiger partial charge in [-0.05, 0) is 18.3 Å². The number of rotatable bonds is 3. The first-order valence-electron chi connectivity index (χ1n) is 6.02. The van der Waals surface area contributed by atoms with Gasteiger partial charge in [-0.1, -0.05) is 6.92 Å². The number of imidazole rings is 1. The molecular weight excluding hydrogens is 233 g/mol. The fourth-order valence-electron chi connectivity index (χ4n) is 2.22. The number of nitrogens with zero attached hydrogens (tertiary/aromatic N) is 2. The van der Waals surface area contributed by atoms with Crippen LogP contribution in [0.1, 0.15) is 19.8 Å². The molecule has 0 saturated heterocycles. The lowest BCUT2D eigenvalue weighted by atomic mass is 10.1. The van der Waals surface area contributed by atoms with E-state index in [4.69, 9.17) is 10.5 Å². The largest absolute Gasteiger partial charge is 0.494 e. The van der Waals surface area contributed by atoms with Crippen molar-refractivity contribution in [2.45, 2.75) is 26.3 Å². The normalized spacial score (nSPS) is 17.1. The lowest BCUT2D eigenvalue weighted by Crippen LogP contribution is -2.10. The smallest absolute Gasteiger partial charge is 0.201 e. The number of ether oxygens (including phenoxy) is 1. The Balaban J connectivity index is 2.14. The first-order chi connectivity index (χ1) is 8.52. The van der Waals surface area contributed by atoms with Crippen LogP contribution < -0.4 is 10.5 Å². The Morgan fingerprint density at radius 2 is 2.22 bits per heavy atom. The van der Waals surface area contributed by atoms with E-state index in [1.54, 1.807) is 6.07 Å². The number of fused-ring (bicyclic) bond motifs is 1. The van der Waals surface area contributed by atoms with Crippen LogP contribution in [0.15, 0.2) is 12.1 Å². The summed E-state index contributed by atoms with van der Waals surface area (Å²) in [4.78, 5) is 4.21. The zero-order chi connectivity index (χ0) is 12.9. The topological polar surface area (TPSA) is 53.1 Å². The summed E-state index contributed by atoms with van der Waals surface area (Å²) in [7, 11) is 1.45. The van der Waals surface area contributed by atoms with Gasteiger partial charge in [0.05, 0.1) is 18.1 Å². The maximum Gasteiger partial charge on any atom is 0.201 e. The highest BCUT2D eigenvalue weighted by Gasteiger charge is 2.38. The van der Waals surface area contributed by atoms with Gasteiger partial charge in [0.1, 0.15) is 0 Å². The molecule has 1 saturated carbocycles. The average Bonchev–Trinajstić information content (AvgIpc) is 2.98. The first kappa shape index (κ1) is 11.3.